The van der Waals surface area contributed by atoms with Crippen LogP contribution in [0.25, 0.3) is 0 Å². The Labute approximate surface area is 425 Å². The Morgan fingerprint density at radius 2 is 0.917 bits per heavy atom. The summed E-state index contributed by atoms with van der Waals surface area (Å²) in [7, 11) is 3.35. The van der Waals surface area contributed by atoms with Gasteiger partial charge < -0.3 is 52.3 Å². The lowest BCUT2D eigenvalue weighted by atomic mass is 9.85. The number of fused-ring (bicyclic) bond motifs is 2. The Hall–Kier alpha value is -5.88. The van der Waals surface area contributed by atoms with Crippen molar-refractivity contribution in [2.75, 3.05) is 27.2 Å². The largest absolute Gasteiger partial charge is 0.351 e. The van der Waals surface area contributed by atoms with Gasteiger partial charge in [0, 0.05) is 25.9 Å². The van der Waals surface area contributed by atoms with Gasteiger partial charge >= 0.3 is 0 Å². The van der Waals surface area contributed by atoms with E-state index >= 15 is 0 Å². The first-order chi connectivity index (χ1) is 34.0. The van der Waals surface area contributed by atoms with Crippen molar-refractivity contribution in [2.45, 2.75) is 180 Å². The first kappa shape index (κ1) is 55.4. The Kier molecular flexibility index (Phi) is 18.3. The average molecular weight is 997 g/mol. The molecule has 4 aliphatic rings. The van der Waals surface area contributed by atoms with E-state index in [9.17, 15) is 38.4 Å². The van der Waals surface area contributed by atoms with Gasteiger partial charge in [-0.25, -0.2) is 0 Å². The van der Waals surface area contributed by atoms with Gasteiger partial charge in [0.1, 0.15) is 24.2 Å². The highest BCUT2D eigenvalue weighted by molar-refractivity contribution is 5.95. The van der Waals surface area contributed by atoms with Gasteiger partial charge in [0.05, 0.1) is 36.3 Å². The van der Waals surface area contributed by atoms with Crippen LogP contribution in [0.2, 0.25) is 0 Å². The molecule has 394 valence electrons. The summed E-state index contributed by atoms with van der Waals surface area (Å²) in [6.07, 6.45) is 4.42. The van der Waals surface area contributed by atoms with Crippen LogP contribution in [-0.2, 0) is 51.2 Å². The summed E-state index contributed by atoms with van der Waals surface area (Å²) in [6.45, 7) is 15.5. The topological polar surface area (TPSA) is 239 Å². The molecule has 2 aliphatic carbocycles. The number of likely N-dealkylation sites (tertiary alicyclic amines) is 2. The van der Waals surface area contributed by atoms with Crippen molar-refractivity contribution in [1.29, 1.82) is 0 Å². The summed E-state index contributed by atoms with van der Waals surface area (Å²) in [4.78, 5) is 113. The molecule has 1 unspecified atom stereocenters. The van der Waals surface area contributed by atoms with E-state index in [-0.39, 0.29) is 60.1 Å². The fourth-order valence-corrected chi connectivity index (χ4v) is 10.5. The molecule has 8 N–H and O–H groups in total. The molecular weight excluding hydrogens is 917 g/mol. The van der Waals surface area contributed by atoms with Gasteiger partial charge in [0.25, 0.3) is 0 Å². The Balaban J connectivity index is 1.02. The van der Waals surface area contributed by atoms with E-state index < -0.39 is 71.2 Å². The van der Waals surface area contributed by atoms with Gasteiger partial charge in [0.15, 0.2) is 0 Å². The SMILES string of the molecule is CN[C@@H](C)C(=O)N[C@H](C(=O)N1CCCC1C(=O)N[C@H]1c2ccccc2C[C@@H]1NC(=O)CCCCC(=O)N[C@H]1Cc2ccccc2[C@@H]1NC(=O)[C@@H]1CCCN1C(=O)[C@@H](NC(=O)[C@H](C)NC)C(C)(C)C)C(C)(C)C. The zero-order valence-corrected chi connectivity index (χ0v) is 44.0. The molecule has 0 radical (unpaired) electrons. The molecular formula is C54H80N10O8. The van der Waals surface area contributed by atoms with Crippen molar-refractivity contribution < 1.29 is 38.4 Å². The van der Waals surface area contributed by atoms with E-state index in [0.717, 1.165) is 22.3 Å². The number of benzene rings is 2. The van der Waals surface area contributed by atoms with Gasteiger partial charge in [-0.15, -0.1) is 0 Å². The normalized spacial score (nSPS) is 23.2. The molecule has 18 nitrogen and oxygen atoms in total. The third kappa shape index (κ3) is 13.2. The molecule has 0 spiro atoms. The quantitative estimate of drug-likeness (QED) is 0.0958. The summed E-state index contributed by atoms with van der Waals surface area (Å²) in [5.74, 6) is -2.27. The lowest BCUT2D eigenvalue weighted by Gasteiger charge is -2.36. The summed E-state index contributed by atoms with van der Waals surface area (Å²) >= 11 is 0. The smallest absolute Gasteiger partial charge is 0.246 e. The molecule has 10 atom stereocenters. The monoisotopic (exact) mass is 997 g/mol. The summed E-state index contributed by atoms with van der Waals surface area (Å²) in [6, 6.07) is 9.37. The highest BCUT2D eigenvalue weighted by Gasteiger charge is 2.46. The van der Waals surface area contributed by atoms with Crippen molar-refractivity contribution >= 4 is 47.3 Å². The molecule has 6 rings (SSSR count). The minimum Gasteiger partial charge on any atom is -0.351 e. The maximum atomic E-state index is 14.1. The highest BCUT2D eigenvalue weighted by Crippen LogP contribution is 2.35. The minimum absolute atomic E-state index is 0.163. The van der Waals surface area contributed by atoms with E-state index in [0.29, 0.717) is 64.5 Å². The van der Waals surface area contributed by atoms with Crippen molar-refractivity contribution in [3.8, 4) is 0 Å². The van der Waals surface area contributed by atoms with Crippen LogP contribution in [-0.4, -0.2) is 133 Å². The van der Waals surface area contributed by atoms with Crippen LogP contribution in [0.4, 0.5) is 0 Å². The molecule has 2 saturated heterocycles. The van der Waals surface area contributed by atoms with Gasteiger partial charge in [0.2, 0.25) is 47.3 Å². The maximum Gasteiger partial charge on any atom is 0.246 e. The van der Waals surface area contributed by atoms with Crippen LogP contribution in [0.1, 0.15) is 141 Å². The van der Waals surface area contributed by atoms with E-state index in [4.69, 9.17) is 0 Å². The van der Waals surface area contributed by atoms with Crippen molar-refractivity contribution in [1.82, 2.24) is 52.3 Å². The van der Waals surface area contributed by atoms with Crippen LogP contribution in [0.15, 0.2) is 48.5 Å². The second-order valence-corrected chi connectivity index (χ2v) is 22.3. The molecule has 72 heavy (non-hydrogen) atoms. The number of carbonyl (C=O) groups is 8. The zero-order valence-electron chi connectivity index (χ0n) is 44.0. The molecule has 2 aromatic rings. The fourth-order valence-electron chi connectivity index (χ4n) is 10.5. The van der Waals surface area contributed by atoms with Gasteiger partial charge in [-0.3, -0.25) is 38.4 Å². The molecule has 0 saturated carbocycles. The van der Waals surface area contributed by atoms with Gasteiger partial charge in [-0.05, 0) is 112 Å². The van der Waals surface area contributed by atoms with Crippen molar-refractivity contribution in [3.05, 3.63) is 70.8 Å². The van der Waals surface area contributed by atoms with Crippen molar-refractivity contribution in [2.24, 2.45) is 10.8 Å². The van der Waals surface area contributed by atoms with Crippen LogP contribution in [0.3, 0.4) is 0 Å². The number of carbonyl (C=O) groups excluding carboxylic acids is 8. The maximum absolute atomic E-state index is 14.1. The Morgan fingerprint density at radius 1 is 0.556 bits per heavy atom. The highest BCUT2D eigenvalue weighted by atomic mass is 16.2. The number of rotatable bonds is 19. The summed E-state index contributed by atoms with van der Waals surface area (Å²) < 4.78 is 0. The first-order valence-electron chi connectivity index (χ1n) is 25.9. The predicted octanol–water partition coefficient (Wildman–Crippen LogP) is 2.60. The predicted molar refractivity (Wildman–Crippen MR) is 274 cm³/mol. The third-order valence-corrected chi connectivity index (χ3v) is 14.9. The number of nitrogens with one attached hydrogen (secondary N) is 8. The second kappa shape index (κ2) is 23.8. The molecule has 18 heteroatoms. The van der Waals surface area contributed by atoms with E-state index in [1.165, 1.54) is 0 Å². The van der Waals surface area contributed by atoms with Crippen LogP contribution < -0.4 is 42.5 Å². The number of hydrogen-bond acceptors (Lipinski definition) is 10. The van der Waals surface area contributed by atoms with Gasteiger partial charge in [-0.2, -0.15) is 0 Å². The Bertz CT molecular complexity index is 2170. The third-order valence-electron chi connectivity index (χ3n) is 14.9. The van der Waals surface area contributed by atoms with Crippen LogP contribution in [0.5, 0.6) is 0 Å². The fraction of sp³-hybridized carbons (Fsp3) is 0.630. The molecule has 0 bridgehead atoms. The summed E-state index contributed by atoms with van der Waals surface area (Å²) in [5.41, 5.74) is 2.57. The Morgan fingerprint density at radius 3 is 1.26 bits per heavy atom. The van der Waals surface area contributed by atoms with Gasteiger partial charge in [-0.1, -0.05) is 90.1 Å². The van der Waals surface area contributed by atoms with Crippen LogP contribution >= 0.6 is 0 Å². The molecule has 8 amide bonds. The van der Waals surface area contributed by atoms with E-state index in [1.54, 1.807) is 37.7 Å². The standard InChI is InChI=1S/C54H80N10O8/c1-31(55-9)47(67)61-45(53(3,4)5)51(71)63-27-17-23-39(63)49(69)59-43-35-21-13-11-19-33(35)29-37(43)57-41(65)25-15-16-26-42(66)58-38-30-34-20-12-14-22-36(34)44(38)60-50(70)40-24-18-28-64(40)52(72)46(54(6,7)8)62-48(68)32(2)56-10/h11-14,19-22,31-32,37-40,43-46,55-56H,15-18,23-30H2,1-10H3,(H,57,65)(H,58,66)(H,59,69)(H,60,70)(H,61,67)(H,62,68)/t31-,32-,37-,38-,39-,40?,43-,44-,45+,46+/m0/s1. The lowest BCUT2D eigenvalue weighted by molar-refractivity contribution is -0.144. The number of nitrogens with zero attached hydrogens (tertiary/aromatic N) is 2. The number of amides is 8. The molecule has 2 fully saturated rings. The minimum atomic E-state index is -0.847. The van der Waals surface area contributed by atoms with E-state index in [1.807, 2.05) is 90.1 Å². The summed E-state index contributed by atoms with van der Waals surface area (Å²) in [5, 5.41) is 24.3. The lowest BCUT2D eigenvalue weighted by Crippen LogP contribution is -2.59. The second-order valence-electron chi connectivity index (χ2n) is 22.3. The van der Waals surface area contributed by atoms with Crippen LogP contribution in [0, 0.1) is 10.8 Å². The first-order valence-corrected chi connectivity index (χ1v) is 25.9. The molecule has 2 aliphatic heterocycles. The zero-order chi connectivity index (χ0) is 52.7. The van der Waals surface area contributed by atoms with Crippen molar-refractivity contribution in [3.63, 3.8) is 0 Å². The number of hydrogen-bond donors (Lipinski definition) is 8. The molecule has 2 aromatic carbocycles. The molecule has 2 heterocycles. The number of likely N-dealkylation sites (N-methyl/N-ethyl adjacent to an activating group) is 2. The molecule has 0 aromatic heterocycles. The van der Waals surface area contributed by atoms with E-state index in [2.05, 4.69) is 42.5 Å². The number of unbranched alkanes of at least 4 members (excludes halogenated alkanes) is 1. The average Bonchev–Trinajstić information content (AvgIpc) is 4.16.